The summed E-state index contributed by atoms with van der Waals surface area (Å²) in [4.78, 5) is 4.07. The number of allylic oxidation sites excluding steroid dienone is 1. The van der Waals surface area contributed by atoms with Gasteiger partial charge in [-0.1, -0.05) is 24.3 Å². The third kappa shape index (κ3) is 1.68. The number of hydrogen-bond donors (Lipinski definition) is 1. The van der Waals surface area contributed by atoms with Crippen LogP contribution in [0, 0.1) is 0 Å². The van der Waals surface area contributed by atoms with E-state index in [1.54, 1.807) is 6.20 Å². The predicted octanol–water partition coefficient (Wildman–Crippen LogP) is -0.0702. The first-order valence-corrected chi connectivity index (χ1v) is 4.29. The van der Waals surface area contributed by atoms with Gasteiger partial charge in [-0.05, 0) is 23.4 Å². The zero-order valence-electron chi connectivity index (χ0n) is 7.57. The van der Waals surface area contributed by atoms with Gasteiger partial charge in [-0.3, -0.25) is 4.98 Å². The van der Waals surface area contributed by atoms with Crippen molar-refractivity contribution in [2.75, 3.05) is 0 Å². The Hall–Kier alpha value is -1.41. The molecule has 0 fully saturated rings. The number of aromatic nitrogens is 1. The van der Waals surface area contributed by atoms with Gasteiger partial charge in [0.15, 0.2) is 0 Å². The largest absolute Gasteiger partial charge is 0.319 e. The van der Waals surface area contributed by atoms with Crippen LogP contribution >= 0.6 is 0 Å². The SMILES string of the molecule is CC1(N)C=CC=c2ccncc2=C1. The highest BCUT2D eigenvalue weighted by Gasteiger charge is 2.10. The highest BCUT2D eigenvalue weighted by Crippen LogP contribution is 2.03. The maximum atomic E-state index is 6.00. The fourth-order valence-corrected chi connectivity index (χ4v) is 1.43. The van der Waals surface area contributed by atoms with Crippen LogP contribution in [0.5, 0.6) is 0 Å². The molecule has 0 radical (unpaired) electrons. The van der Waals surface area contributed by atoms with Crippen LogP contribution < -0.4 is 16.2 Å². The molecule has 0 aliphatic heterocycles. The average molecular weight is 172 g/mol. The maximum absolute atomic E-state index is 6.00. The molecule has 1 atom stereocenters. The number of rotatable bonds is 0. The molecular weight excluding hydrogens is 160 g/mol. The summed E-state index contributed by atoms with van der Waals surface area (Å²) in [5.74, 6) is 0. The minimum absolute atomic E-state index is 0.370. The van der Waals surface area contributed by atoms with Crippen molar-refractivity contribution in [1.82, 2.24) is 4.98 Å². The van der Waals surface area contributed by atoms with Crippen LogP contribution in [0.4, 0.5) is 0 Å². The van der Waals surface area contributed by atoms with Gasteiger partial charge in [0.25, 0.3) is 0 Å². The molecular formula is C11H12N2. The summed E-state index contributed by atoms with van der Waals surface area (Å²) in [6.07, 6.45) is 11.7. The molecule has 2 N–H and O–H groups in total. The number of nitrogens with two attached hydrogens (primary N) is 1. The van der Waals surface area contributed by atoms with Crippen LogP contribution in [0.3, 0.4) is 0 Å². The fourth-order valence-electron chi connectivity index (χ4n) is 1.43. The molecule has 0 saturated heterocycles. The number of nitrogens with zero attached hydrogens (tertiary/aromatic N) is 1. The van der Waals surface area contributed by atoms with E-state index in [-0.39, 0.29) is 5.54 Å². The van der Waals surface area contributed by atoms with E-state index in [2.05, 4.69) is 4.98 Å². The first kappa shape index (κ1) is 8.20. The van der Waals surface area contributed by atoms with Crippen molar-refractivity contribution in [3.05, 3.63) is 41.0 Å². The summed E-state index contributed by atoms with van der Waals surface area (Å²) in [7, 11) is 0. The summed E-state index contributed by atoms with van der Waals surface area (Å²) < 4.78 is 0. The molecule has 1 aliphatic rings. The second kappa shape index (κ2) is 2.82. The normalized spacial score (nSPS) is 25.4. The van der Waals surface area contributed by atoms with Crippen molar-refractivity contribution in [3.8, 4) is 0 Å². The molecule has 2 rings (SSSR count). The molecule has 2 heteroatoms. The van der Waals surface area contributed by atoms with Crippen LogP contribution in [0.2, 0.25) is 0 Å². The lowest BCUT2D eigenvalue weighted by molar-refractivity contribution is 0.778. The van der Waals surface area contributed by atoms with Gasteiger partial charge in [0.1, 0.15) is 0 Å². The zero-order chi connectivity index (χ0) is 9.31. The van der Waals surface area contributed by atoms with E-state index in [0.29, 0.717) is 0 Å². The van der Waals surface area contributed by atoms with Gasteiger partial charge in [0, 0.05) is 12.4 Å². The van der Waals surface area contributed by atoms with Gasteiger partial charge in [-0.2, -0.15) is 0 Å². The van der Waals surface area contributed by atoms with E-state index in [9.17, 15) is 0 Å². The highest BCUT2D eigenvalue weighted by molar-refractivity contribution is 5.50. The topological polar surface area (TPSA) is 38.9 Å². The number of hydrogen-bond acceptors (Lipinski definition) is 2. The van der Waals surface area contributed by atoms with Gasteiger partial charge < -0.3 is 5.73 Å². The van der Waals surface area contributed by atoms with E-state index >= 15 is 0 Å². The predicted molar refractivity (Wildman–Crippen MR) is 54.1 cm³/mol. The minimum Gasteiger partial charge on any atom is -0.319 e. The van der Waals surface area contributed by atoms with Crippen LogP contribution in [-0.2, 0) is 0 Å². The zero-order valence-corrected chi connectivity index (χ0v) is 7.57. The molecule has 1 aromatic heterocycles. The Bertz CT molecular complexity index is 455. The minimum atomic E-state index is -0.370. The highest BCUT2D eigenvalue weighted by atomic mass is 14.7. The maximum Gasteiger partial charge on any atom is 0.0508 e. The average Bonchev–Trinajstić information content (AvgIpc) is 2.21. The number of fused-ring (bicyclic) bond motifs is 1. The van der Waals surface area contributed by atoms with Crippen molar-refractivity contribution in [3.63, 3.8) is 0 Å². The second-order valence-corrected chi connectivity index (χ2v) is 3.54. The lowest BCUT2D eigenvalue weighted by Crippen LogP contribution is -2.35. The fraction of sp³-hybridized carbons (Fsp3) is 0.182. The summed E-state index contributed by atoms with van der Waals surface area (Å²) in [5, 5.41) is 2.26. The lowest BCUT2D eigenvalue weighted by Gasteiger charge is -2.12. The molecule has 0 spiro atoms. The molecule has 1 heterocycles. The summed E-state index contributed by atoms with van der Waals surface area (Å²) in [6.45, 7) is 1.97. The standard InChI is InChI=1S/C11H12N2/c1-11(12)5-2-3-9-4-6-13-8-10(9)7-11/h2-8H,12H2,1H3. The Morgan fingerprint density at radius 3 is 3.08 bits per heavy atom. The van der Waals surface area contributed by atoms with E-state index in [1.807, 2.05) is 43.5 Å². The van der Waals surface area contributed by atoms with Gasteiger partial charge in [-0.15, -0.1) is 0 Å². The van der Waals surface area contributed by atoms with E-state index in [1.165, 1.54) is 5.22 Å². The molecule has 2 nitrogen and oxygen atoms in total. The van der Waals surface area contributed by atoms with Crippen molar-refractivity contribution in [1.29, 1.82) is 0 Å². The van der Waals surface area contributed by atoms with Crippen molar-refractivity contribution < 1.29 is 0 Å². The summed E-state index contributed by atoms with van der Waals surface area (Å²) in [5.41, 5.74) is 5.63. The molecule has 1 unspecified atom stereocenters. The van der Waals surface area contributed by atoms with Crippen LogP contribution in [0.15, 0.2) is 30.6 Å². The first-order chi connectivity index (χ1) is 6.17. The molecule has 0 bridgehead atoms. The summed E-state index contributed by atoms with van der Waals surface area (Å²) in [6, 6.07) is 1.98. The molecule has 66 valence electrons. The van der Waals surface area contributed by atoms with Crippen molar-refractivity contribution in [2.45, 2.75) is 12.5 Å². The summed E-state index contributed by atoms with van der Waals surface area (Å²) >= 11 is 0. The quantitative estimate of drug-likeness (QED) is 0.595. The molecule has 1 aromatic rings. The Morgan fingerprint density at radius 2 is 2.23 bits per heavy atom. The lowest BCUT2D eigenvalue weighted by atomic mass is 10.0. The van der Waals surface area contributed by atoms with E-state index in [4.69, 9.17) is 5.73 Å². The Morgan fingerprint density at radius 1 is 1.38 bits per heavy atom. The Balaban J connectivity index is 2.77. The van der Waals surface area contributed by atoms with Crippen LogP contribution in [0.25, 0.3) is 12.2 Å². The molecule has 0 amide bonds. The van der Waals surface area contributed by atoms with Gasteiger partial charge in [0.05, 0.1) is 5.54 Å². The number of pyridine rings is 1. The van der Waals surface area contributed by atoms with Crippen molar-refractivity contribution >= 4 is 12.2 Å². The van der Waals surface area contributed by atoms with Crippen LogP contribution in [-0.4, -0.2) is 10.5 Å². The Labute approximate surface area is 77.1 Å². The smallest absolute Gasteiger partial charge is 0.0508 e. The molecule has 0 aromatic carbocycles. The van der Waals surface area contributed by atoms with E-state index in [0.717, 1.165) is 5.22 Å². The Kier molecular flexibility index (Phi) is 1.78. The monoisotopic (exact) mass is 172 g/mol. The van der Waals surface area contributed by atoms with Gasteiger partial charge in [-0.25, -0.2) is 0 Å². The molecule has 0 saturated carbocycles. The van der Waals surface area contributed by atoms with Gasteiger partial charge in [0.2, 0.25) is 0 Å². The van der Waals surface area contributed by atoms with Crippen molar-refractivity contribution in [2.24, 2.45) is 5.73 Å². The molecule has 1 aliphatic carbocycles. The first-order valence-electron chi connectivity index (χ1n) is 4.29. The second-order valence-electron chi connectivity index (χ2n) is 3.54. The van der Waals surface area contributed by atoms with Crippen LogP contribution in [0.1, 0.15) is 6.92 Å². The van der Waals surface area contributed by atoms with E-state index < -0.39 is 0 Å². The third-order valence-corrected chi connectivity index (χ3v) is 2.08. The van der Waals surface area contributed by atoms with Gasteiger partial charge >= 0.3 is 0 Å². The third-order valence-electron chi connectivity index (χ3n) is 2.08. The molecule has 13 heavy (non-hydrogen) atoms.